The topological polar surface area (TPSA) is 63.4 Å². The van der Waals surface area contributed by atoms with Crippen molar-refractivity contribution < 1.29 is 4.79 Å². The average Bonchev–Trinajstić information content (AvgIpc) is 3.05. The van der Waals surface area contributed by atoms with Crippen molar-refractivity contribution in [3.8, 4) is 0 Å². The number of amides is 1. The van der Waals surface area contributed by atoms with E-state index in [0.717, 1.165) is 23.1 Å². The summed E-state index contributed by atoms with van der Waals surface area (Å²) in [6.45, 7) is 2.26. The second-order valence-electron chi connectivity index (χ2n) is 4.54. The van der Waals surface area contributed by atoms with Gasteiger partial charge in [0.15, 0.2) is 5.69 Å². The molecule has 0 N–H and O–H groups in total. The van der Waals surface area contributed by atoms with Gasteiger partial charge in [0.2, 0.25) is 0 Å². The molecule has 0 aliphatic rings. The summed E-state index contributed by atoms with van der Waals surface area (Å²) in [6, 6.07) is 5.81. The Morgan fingerprint density at radius 2 is 2.25 bits per heavy atom. The van der Waals surface area contributed by atoms with Gasteiger partial charge in [-0.2, -0.15) is 8.75 Å². The van der Waals surface area contributed by atoms with Crippen LogP contribution in [0.2, 0.25) is 0 Å². The second kappa shape index (κ2) is 5.01. The number of fused-ring (bicyclic) bond motifs is 1. The molecule has 0 unspecified atom stereocenters. The van der Waals surface area contributed by atoms with Crippen LogP contribution in [0.4, 0.5) is 0 Å². The molecule has 0 saturated heterocycles. The minimum atomic E-state index is -0.123. The lowest BCUT2D eigenvalue weighted by Gasteiger charge is -2.15. The molecule has 3 aromatic rings. The van der Waals surface area contributed by atoms with Crippen LogP contribution in [0.3, 0.4) is 0 Å². The highest BCUT2D eigenvalue weighted by Crippen LogP contribution is 2.12. The van der Waals surface area contributed by atoms with E-state index in [0.29, 0.717) is 17.9 Å². The third kappa shape index (κ3) is 2.16. The molecule has 3 aromatic heterocycles. The van der Waals surface area contributed by atoms with Crippen molar-refractivity contribution in [2.45, 2.75) is 13.5 Å². The van der Waals surface area contributed by atoms with Gasteiger partial charge < -0.3 is 9.30 Å². The van der Waals surface area contributed by atoms with Gasteiger partial charge in [-0.3, -0.25) is 4.79 Å². The van der Waals surface area contributed by atoms with Gasteiger partial charge >= 0.3 is 0 Å². The van der Waals surface area contributed by atoms with Crippen molar-refractivity contribution >= 4 is 23.3 Å². The van der Waals surface area contributed by atoms with Crippen LogP contribution in [0.25, 0.3) is 5.65 Å². The van der Waals surface area contributed by atoms with Crippen molar-refractivity contribution in [3.05, 3.63) is 47.7 Å². The zero-order valence-corrected chi connectivity index (χ0v) is 12.0. The fourth-order valence-corrected chi connectivity index (χ4v) is 2.56. The molecule has 0 radical (unpaired) electrons. The normalized spacial score (nSPS) is 10.9. The lowest BCUT2D eigenvalue weighted by atomic mass is 10.3. The summed E-state index contributed by atoms with van der Waals surface area (Å²) < 4.78 is 10.0. The molecule has 7 heteroatoms. The van der Waals surface area contributed by atoms with Gasteiger partial charge in [0.1, 0.15) is 5.65 Å². The Morgan fingerprint density at radius 3 is 3.00 bits per heavy atom. The predicted octanol–water partition coefficient (Wildman–Crippen LogP) is 1.77. The van der Waals surface area contributed by atoms with Crippen LogP contribution in [-0.4, -0.2) is 36.0 Å². The largest absolute Gasteiger partial charge is 0.334 e. The van der Waals surface area contributed by atoms with Gasteiger partial charge in [0.05, 0.1) is 35.9 Å². The smallest absolute Gasteiger partial charge is 0.275 e. The van der Waals surface area contributed by atoms with Crippen molar-refractivity contribution in [1.82, 2.24) is 23.0 Å². The van der Waals surface area contributed by atoms with Gasteiger partial charge in [-0.05, 0) is 19.1 Å². The second-order valence-corrected chi connectivity index (χ2v) is 5.07. The summed E-state index contributed by atoms with van der Waals surface area (Å²) in [5.41, 5.74) is 2.92. The Morgan fingerprint density at radius 1 is 1.40 bits per heavy atom. The van der Waals surface area contributed by atoms with Crippen LogP contribution in [0.15, 0.2) is 30.6 Å². The van der Waals surface area contributed by atoms with E-state index in [1.807, 2.05) is 28.8 Å². The molecule has 0 saturated carbocycles. The number of aryl methyl sites for hydroxylation is 1. The lowest BCUT2D eigenvalue weighted by molar-refractivity contribution is 0.0777. The zero-order valence-electron chi connectivity index (χ0n) is 11.1. The molecule has 0 aliphatic carbocycles. The number of rotatable bonds is 3. The summed E-state index contributed by atoms with van der Waals surface area (Å²) in [5.74, 6) is -0.123. The standard InChI is InChI=1S/C13H13N5OS/c1-9-12(16-20-15-9)13(19)17(2)8-10-7-14-11-5-3-4-6-18(10)11/h3-7H,8H2,1-2H3. The molecule has 1 amide bonds. The quantitative estimate of drug-likeness (QED) is 0.736. The van der Waals surface area contributed by atoms with Crippen molar-refractivity contribution in [3.63, 3.8) is 0 Å². The molecular weight excluding hydrogens is 274 g/mol. The lowest BCUT2D eigenvalue weighted by Crippen LogP contribution is -2.27. The maximum atomic E-state index is 12.3. The fourth-order valence-electron chi connectivity index (χ4n) is 2.02. The molecule has 0 fully saturated rings. The van der Waals surface area contributed by atoms with Gasteiger partial charge in [0.25, 0.3) is 5.91 Å². The molecule has 0 aliphatic heterocycles. The number of pyridine rings is 1. The summed E-state index contributed by atoms with van der Waals surface area (Å²) in [6.07, 6.45) is 3.72. The first-order valence-electron chi connectivity index (χ1n) is 6.12. The summed E-state index contributed by atoms with van der Waals surface area (Å²) in [7, 11) is 1.75. The van der Waals surface area contributed by atoms with Crippen molar-refractivity contribution in [2.75, 3.05) is 7.05 Å². The van der Waals surface area contributed by atoms with Crippen molar-refractivity contribution in [1.29, 1.82) is 0 Å². The molecule has 20 heavy (non-hydrogen) atoms. The van der Waals surface area contributed by atoms with Crippen LogP contribution in [0.5, 0.6) is 0 Å². The molecule has 3 rings (SSSR count). The highest BCUT2D eigenvalue weighted by atomic mass is 32.1. The number of aromatic nitrogens is 4. The van der Waals surface area contributed by atoms with Crippen LogP contribution in [-0.2, 0) is 6.54 Å². The number of nitrogens with zero attached hydrogens (tertiary/aromatic N) is 5. The van der Waals surface area contributed by atoms with E-state index < -0.39 is 0 Å². The molecular formula is C13H13N5OS. The first-order valence-corrected chi connectivity index (χ1v) is 6.85. The van der Waals surface area contributed by atoms with Crippen LogP contribution in [0.1, 0.15) is 21.9 Å². The Balaban J connectivity index is 1.84. The molecule has 0 spiro atoms. The third-order valence-corrected chi connectivity index (χ3v) is 3.71. The van der Waals surface area contributed by atoms with Gasteiger partial charge in [-0.25, -0.2) is 4.98 Å². The van der Waals surface area contributed by atoms with Gasteiger partial charge in [-0.1, -0.05) is 6.07 Å². The number of hydrogen-bond acceptors (Lipinski definition) is 5. The van der Waals surface area contributed by atoms with E-state index in [9.17, 15) is 4.79 Å². The Bertz CT molecular complexity index is 763. The monoisotopic (exact) mass is 287 g/mol. The van der Waals surface area contributed by atoms with Crippen molar-refractivity contribution in [2.24, 2.45) is 0 Å². The van der Waals surface area contributed by atoms with Gasteiger partial charge in [-0.15, -0.1) is 0 Å². The average molecular weight is 287 g/mol. The van der Waals surface area contributed by atoms with E-state index in [1.165, 1.54) is 0 Å². The van der Waals surface area contributed by atoms with E-state index in [2.05, 4.69) is 13.7 Å². The van der Waals surface area contributed by atoms with Crippen LogP contribution >= 0.6 is 11.7 Å². The minimum Gasteiger partial charge on any atom is -0.334 e. The molecule has 3 heterocycles. The molecule has 0 bridgehead atoms. The number of imidazole rings is 1. The van der Waals surface area contributed by atoms with E-state index in [-0.39, 0.29) is 5.91 Å². The Kier molecular flexibility index (Phi) is 3.19. The van der Waals surface area contributed by atoms with Crippen LogP contribution < -0.4 is 0 Å². The minimum absolute atomic E-state index is 0.123. The summed E-state index contributed by atoms with van der Waals surface area (Å²) in [5, 5.41) is 0. The Hall–Kier alpha value is -2.28. The first-order chi connectivity index (χ1) is 9.66. The maximum Gasteiger partial charge on any atom is 0.275 e. The van der Waals surface area contributed by atoms with Gasteiger partial charge in [0, 0.05) is 13.2 Å². The molecule has 6 nitrogen and oxygen atoms in total. The van der Waals surface area contributed by atoms with E-state index in [1.54, 1.807) is 25.1 Å². The van der Waals surface area contributed by atoms with E-state index in [4.69, 9.17) is 0 Å². The van der Waals surface area contributed by atoms with E-state index >= 15 is 0 Å². The maximum absolute atomic E-state index is 12.3. The highest BCUT2D eigenvalue weighted by molar-refractivity contribution is 6.99. The zero-order chi connectivity index (χ0) is 14.1. The highest BCUT2D eigenvalue weighted by Gasteiger charge is 2.19. The molecule has 102 valence electrons. The predicted molar refractivity (Wildman–Crippen MR) is 75.6 cm³/mol. The number of hydrogen-bond donors (Lipinski definition) is 0. The van der Waals surface area contributed by atoms with Crippen LogP contribution in [0, 0.1) is 6.92 Å². The molecule has 0 aromatic carbocycles. The summed E-state index contributed by atoms with van der Waals surface area (Å²) in [4.78, 5) is 18.2. The fraction of sp³-hybridized carbons (Fsp3) is 0.231. The summed E-state index contributed by atoms with van der Waals surface area (Å²) >= 11 is 1.06. The molecule has 0 atom stereocenters. The number of carbonyl (C=O) groups excluding carboxylic acids is 1. The SMILES string of the molecule is Cc1nsnc1C(=O)N(C)Cc1cnc2ccccn12. The first kappa shape index (κ1) is 12.7. The Labute approximate surface area is 120 Å². The third-order valence-electron chi connectivity index (χ3n) is 3.09. The number of carbonyl (C=O) groups is 1.